The van der Waals surface area contributed by atoms with Crippen LogP contribution in [0.25, 0.3) is 0 Å². The molecule has 0 aromatic heterocycles. The molecule has 0 aliphatic carbocycles. The molecular formula is C19H18ClN3O3. The average molecular weight is 372 g/mol. The normalized spacial score (nSPS) is 16.5. The Balaban J connectivity index is 1.60. The van der Waals surface area contributed by atoms with Crippen LogP contribution in [0.5, 0.6) is 0 Å². The summed E-state index contributed by atoms with van der Waals surface area (Å²) in [5.74, 6) is -0.134. The minimum absolute atomic E-state index is 0.0591. The minimum atomic E-state index is -0.415. The van der Waals surface area contributed by atoms with Crippen molar-refractivity contribution in [1.82, 2.24) is 5.32 Å². The number of rotatable bonds is 4. The van der Waals surface area contributed by atoms with Crippen molar-refractivity contribution in [2.75, 3.05) is 16.8 Å². The van der Waals surface area contributed by atoms with E-state index >= 15 is 0 Å². The van der Waals surface area contributed by atoms with Crippen LogP contribution in [0, 0.1) is 0 Å². The van der Waals surface area contributed by atoms with E-state index in [2.05, 4.69) is 10.6 Å². The molecule has 1 aliphatic heterocycles. The Morgan fingerprint density at radius 3 is 2.58 bits per heavy atom. The molecule has 1 heterocycles. The first-order valence-electron chi connectivity index (χ1n) is 8.17. The van der Waals surface area contributed by atoms with Crippen LogP contribution in [0.2, 0.25) is 5.02 Å². The molecule has 2 aromatic rings. The van der Waals surface area contributed by atoms with Crippen molar-refractivity contribution in [2.24, 2.45) is 0 Å². The predicted molar refractivity (Wildman–Crippen MR) is 101 cm³/mol. The first-order chi connectivity index (χ1) is 12.4. The molecule has 0 spiro atoms. The lowest BCUT2D eigenvalue weighted by Gasteiger charge is -2.17. The number of nitrogens with zero attached hydrogens (tertiary/aromatic N) is 1. The molecule has 134 valence electrons. The van der Waals surface area contributed by atoms with Crippen molar-refractivity contribution in [1.29, 1.82) is 0 Å². The zero-order valence-electron chi connectivity index (χ0n) is 14.2. The smallest absolute Gasteiger partial charge is 0.319 e. The van der Waals surface area contributed by atoms with Crippen LogP contribution >= 0.6 is 11.6 Å². The number of ketones is 1. The van der Waals surface area contributed by atoms with Gasteiger partial charge >= 0.3 is 6.03 Å². The number of halogens is 1. The molecular weight excluding hydrogens is 354 g/mol. The first kappa shape index (κ1) is 17.9. The summed E-state index contributed by atoms with van der Waals surface area (Å²) in [6.07, 6.45) is 0.226. The van der Waals surface area contributed by atoms with E-state index in [1.54, 1.807) is 53.4 Å². The lowest BCUT2D eigenvalue weighted by molar-refractivity contribution is -0.117. The predicted octanol–water partition coefficient (Wildman–Crippen LogP) is 3.47. The number of nitrogens with one attached hydrogen (secondary N) is 2. The SMILES string of the molecule is CC(=O)c1cccc(NC(=O)N[C@H]2CC(=O)N(c3ccc(Cl)cc3)C2)c1. The van der Waals surface area contributed by atoms with Crippen LogP contribution < -0.4 is 15.5 Å². The highest BCUT2D eigenvalue weighted by Gasteiger charge is 2.31. The third kappa shape index (κ3) is 4.21. The Kier molecular flexibility index (Phi) is 5.23. The largest absolute Gasteiger partial charge is 0.333 e. The van der Waals surface area contributed by atoms with Gasteiger partial charge in [0.05, 0.1) is 6.04 Å². The fourth-order valence-corrected chi connectivity index (χ4v) is 2.97. The van der Waals surface area contributed by atoms with E-state index in [4.69, 9.17) is 11.6 Å². The third-order valence-electron chi connectivity index (χ3n) is 4.13. The van der Waals surface area contributed by atoms with Gasteiger partial charge in [-0.3, -0.25) is 9.59 Å². The maximum atomic E-state index is 12.2. The van der Waals surface area contributed by atoms with E-state index in [-0.39, 0.29) is 24.2 Å². The van der Waals surface area contributed by atoms with Gasteiger partial charge in [0.1, 0.15) is 0 Å². The van der Waals surface area contributed by atoms with Gasteiger partial charge in [0, 0.05) is 34.9 Å². The van der Waals surface area contributed by atoms with Gasteiger partial charge in [-0.25, -0.2) is 4.79 Å². The van der Waals surface area contributed by atoms with Crippen LogP contribution in [-0.4, -0.2) is 30.3 Å². The van der Waals surface area contributed by atoms with Crippen LogP contribution in [0.15, 0.2) is 48.5 Å². The van der Waals surface area contributed by atoms with Crippen LogP contribution in [0.4, 0.5) is 16.2 Å². The summed E-state index contributed by atoms with van der Waals surface area (Å²) in [5.41, 5.74) is 1.79. The molecule has 2 aromatic carbocycles. The molecule has 2 N–H and O–H groups in total. The molecule has 3 rings (SSSR count). The zero-order valence-corrected chi connectivity index (χ0v) is 14.9. The number of anilines is 2. The van der Waals surface area contributed by atoms with Gasteiger partial charge < -0.3 is 15.5 Å². The Morgan fingerprint density at radius 2 is 1.88 bits per heavy atom. The summed E-state index contributed by atoms with van der Waals surface area (Å²) in [6.45, 7) is 1.86. The number of Topliss-reactive ketones (excluding diaryl/α,β-unsaturated/α-hetero) is 1. The number of urea groups is 1. The van der Waals surface area contributed by atoms with Crippen molar-refractivity contribution >= 4 is 40.7 Å². The summed E-state index contributed by atoms with van der Waals surface area (Å²) < 4.78 is 0. The van der Waals surface area contributed by atoms with E-state index in [1.165, 1.54) is 6.92 Å². The topological polar surface area (TPSA) is 78.5 Å². The maximum absolute atomic E-state index is 12.2. The number of hydrogen-bond acceptors (Lipinski definition) is 3. The molecule has 7 heteroatoms. The van der Waals surface area contributed by atoms with Crippen molar-refractivity contribution < 1.29 is 14.4 Å². The summed E-state index contributed by atoms with van der Waals surface area (Å²) in [4.78, 5) is 37.4. The monoisotopic (exact) mass is 371 g/mol. The van der Waals surface area contributed by atoms with E-state index < -0.39 is 6.03 Å². The highest BCUT2D eigenvalue weighted by Crippen LogP contribution is 2.23. The van der Waals surface area contributed by atoms with Crippen LogP contribution in [0.1, 0.15) is 23.7 Å². The Labute approximate surface area is 156 Å². The van der Waals surface area contributed by atoms with Gasteiger partial charge in [-0.05, 0) is 43.3 Å². The summed E-state index contributed by atoms with van der Waals surface area (Å²) in [5, 5.41) is 6.08. The summed E-state index contributed by atoms with van der Waals surface area (Å²) >= 11 is 5.87. The second kappa shape index (κ2) is 7.58. The molecule has 0 saturated carbocycles. The zero-order chi connectivity index (χ0) is 18.7. The van der Waals surface area contributed by atoms with Gasteiger partial charge in [-0.2, -0.15) is 0 Å². The van der Waals surface area contributed by atoms with Gasteiger partial charge in [-0.1, -0.05) is 23.7 Å². The molecule has 1 fully saturated rings. The Morgan fingerprint density at radius 1 is 1.15 bits per heavy atom. The van der Waals surface area contributed by atoms with E-state index in [0.29, 0.717) is 22.8 Å². The van der Waals surface area contributed by atoms with Crippen LogP contribution in [-0.2, 0) is 4.79 Å². The molecule has 0 unspecified atom stereocenters. The Hall–Kier alpha value is -2.86. The van der Waals surface area contributed by atoms with E-state index in [9.17, 15) is 14.4 Å². The molecule has 26 heavy (non-hydrogen) atoms. The lowest BCUT2D eigenvalue weighted by Crippen LogP contribution is -2.39. The highest BCUT2D eigenvalue weighted by molar-refractivity contribution is 6.30. The first-order valence-corrected chi connectivity index (χ1v) is 8.54. The van der Waals surface area contributed by atoms with Crippen molar-refractivity contribution in [3.8, 4) is 0 Å². The number of amides is 3. The van der Waals surface area contributed by atoms with Gasteiger partial charge in [0.2, 0.25) is 5.91 Å². The number of carbonyl (C=O) groups excluding carboxylic acids is 3. The number of carbonyl (C=O) groups is 3. The maximum Gasteiger partial charge on any atom is 0.319 e. The molecule has 1 atom stereocenters. The molecule has 3 amide bonds. The molecule has 1 saturated heterocycles. The molecule has 1 aliphatic rings. The number of benzene rings is 2. The van der Waals surface area contributed by atoms with Gasteiger partial charge in [-0.15, -0.1) is 0 Å². The van der Waals surface area contributed by atoms with E-state index in [1.807, 2.05) is 0 Å². The number of hydrogen-bond donors (Lipinski definition) is 2. The van der Waals surface area contributed by atoms with Crippen molar-refractivity contribution in [2.45, 2.75) is 19.4 Å². The summed E-state index contributed by atoms with van der Waals surface area (Å²) in [6, 6.07) is 13.0. The molecule has 0 radical (unpaired) electrons. The van der Waals surface area contributed by atoms with Gasteiger partial charge in [0.25, 0.3) is 0 Å². The fraction of sp³-hybridized carbons (Fsp3) is 0.211. The quantitative estimate of drug-likeness (QED) is 0.808. The fourth-order valence-electron chi connectivity index (χ4n) is 2.84. The van der Waals surface area contributed by atoms with Crippen molar-refractivity contribution in [3.63, 3.8) is 0 Å². The second-order valence-electron chi connectivity index (χ2n) is 6.12. The minimum Gasteiger partial charge on any atom is -0.333 e. The third-order valence-corrected chi connectivity index (χ3v) is 4.38. The van der Waals surface area contributed by atoms with Gasteiger partial charge in [0.15, 0.2) is 5.78 Å². The second-order valence-corrected chi connectivity index (χ2v) is 6.55. The standard InChI is InChI=1S/C19H18ClN3O3/c1-12(24)13-3-2-4-15(9-13)21-19(26)22-16-10-18(25)23(11-16)17-7-5-14(20)6-8-17/h2-9,16H,10-11H2,1H3,(H2,21,22,26)/t16-/m0/s1. The molecule has 0 bridgehead atoms. The highest BCUT2D eigenvalue weighted by atomic mass is 35.5. The lowest BCUT2D eigenvalue weighted by atomic mass is 10.1. The Bertz CT molecular complexity index is 851. The van der Waals surface area contributed by atoms with Crippen molar-refractivity contribution in [3.05, 3.63) is 59.1 Å². The summed E-state index contributed by atoms with van der Waals surface area (Å²) in [7, 11) is 0. The average Bonchev–Trinajstić information content (AvgIpc) is 2.95. The van der Waals surface area contributed by atoms with E-state index in [0.717, 1.165) is 5.69 Å². The van der Waals surface area contributed by atoms with Crippen LogP contribution in [0.3, 0.4) is 0 Å². The molecule has 6 nitrogen and oxygen atoms in total.